The molecule has 0 fully saturated rings. The number of carbonyl (C=O) groups is 2. The van der Waals surface area contributed by atoms with Crippen LogP contribution in [0.3, 0.4) is 0 Å². The minimum atomic E-state index is -0.861. The van der Waals surface area contributed by atoms with Crippen LogP contribution in [-0.2, 0) is 14.3 Å². The van der Waals surface area contributed by atoms with E-state index in [4.69, 9.17) is 9.84 Å². The van der Waals surface area contributed by atoms with Gasteiger partial charge in [-0.25, -0.2) is 0 Å². The van der Waals surface area contributed by atoms with Gasteiger partial charge in [0.25, 0.3) is 0 Å². The lowest BCUT2D eigenvalue weighted by atomic mass is 9.75. The number of rotatable bonds is 3. The summed E-state index contributed by atoms with van der Waals surface area (Å²) in [6, 6.07) is 9.50. The van der Waals surface area contributed by atoms with Gasteiger partial charge in [0, 0.05) is 5.92 Å². The maximum atomic E-state index is 11.8. The molecule has 1 aliphatic rings. The minimum absolute atomic E-state index is 0.153. The van der Waals surface area contributed by atoms with Gasteiger partial charge in [0.1, 0.15) is 0 Å². The number of carboxylic acids is 1. The lowest BCUT2D eigenvalue weighted by Crippen LogP contribution is -2.29. The molecule has 0 amide bonds. The molecule has 4 nitrogen and oxygen atoms in total. The molecule has 0 saturated carbocycles. The Bertz CT molecular complexity index is 492. The summed E-state index contributed by atoms with van der Waals surface area (Å²) in [7, 11) is 1.35. The van der Waals surface area contributed by atoms with E-state index in [-0.39, 0.29) is 11.9 Å². The van der Waals surface area contributed by atoms with Crippen LogP contribution in [0.2, 0.25) is 0 Å². The van der Waals surface area contributed by atoms with E-state index in [1.165, 1.54) is 7.11 Å². The number of carbonyl (C=O) groups excluding carboxylic acids is 1. The fourth-order valence-corrected chi connectivity index (χ4v) is 2.49. The predicted molar refractivity (Wildman–Crippen MR) is 69.6 cm³/mol. The molecule has 3 atom stereocenters. The molecule has 100 valence electrons. The molecule has 1 aliphatic carbocycles. The van der Waals surface area contributed by atoms with Crippen molar-refractivity contribution in [3.8, 4) is 0 Å². The average molecular weight is 260 g/mol. The normalized spacial score (nSPS) is 25.8. The molecule has 0 spiro atoms. The van der Waals surface area contributed by atoms with E-state index in [9.17, 15) is 9.59 Å². The molecular weight excluding hydrogens is 244 g/mol. The molecule has 1 aromatic rings. The summed E-state index contributed by atoms with van der Waals surface area (Å²) < 4.78 is 4.80. The molecular formula is C15H16O4. The highest BCUT2D eigenvalue weighted by Gasteiger charge is 2.35. The van der Waals surface area contributed by atoms with Crippen LogP contribution in [-0.4, -0.2) is 24.2 Å². The van der Waals surface area contributed by atoms with Gasteiger partial charge < -0.3 is 9.84 Å². The number of esters is 1. The van der Waals surface area contributed by atoms with Crippen molar-refractivity contribution in [3.05, 3.63) is 48.0 Å². The van der Waals surface area contributed by atoms with Crippen LogP contribution in [0, 0.1) is 11.8 Å². The van der Waals surface area contributed by atoms with Crippen molar-refractivity contribution in [2.75, 3.05) is 7.11 Å². The summed E-state index contributed by atoms with van der Waals surface area (Å²) >= 11 is 0. The van der Waals surface area contributed by atoms with Crippen molar-refractivity contribution in [2.45, 2.75) is 12.3 Å². The van der Waals surface area contributed by atoms with E-state index in [0.29, 0.717) is 6.42 Å². The van der Waals surface area contributed by atoms with Crippen LogP contribution in [0.4, 0.5) is 0 Å². The van der Waals surface area contributed by atoms with Crippen molar-refractivity contribution in [2.24, 2.45) is 11.8 Å². The van der Waals surface area contributed by atoms with Gasteiger partial charge >= 0.3 is 11.9 Å². The second kappa shape index (κ2) is 5.69. The molecule has 1 aromatic carbocycles. The van der Waals surface area contributed by atoms with E-state index in [0.717, 1.165) is 5.56 Å². The topological polar surface area (TPSA) is 63.6 Å². The number of benzene rings is 1. The maximum Gasteiger partial charge on any atom is 0.313 e. The van der Waals surface area contributed by atoms with E-state index < -0.39 is 17.8 Å². The zero-order valence-corrected chi connectivity index (χ0v) is 10.7. The Balaban J connectivity index is 2.33. The number of aliphatic carboxylic acids is 1. The van der Waals surface area contributed by atoms with Gasteiger partial charge in [-0.3, -0.25) is 9.59 Å². The number of hydrogen-bond donors (Lipinski definition) is 1. The standard InChI is InChI=1S/C15H16O4/c1-19-15(18)12-8-7-11(14(16)17)9-13(12)10-5-3-2-4-6-10/h2-8,11-13H,9H2,1H3,(H,16,17). The number of ether oxygens (including phenoxy) is 1. The summed E-state index contributed by atoms with van der Waals surface area (Å²) in [5.41, 5.74) is 0.966. The molecule has 0 radical (unpaired) electrons. The fourth-order valence-electron chi connectivity index (χ4n) is 2.49. The second-order valence-electron chi connectivity index (χ2n) is 4.63. The lowest BCUT2D eigenvalue weighted by Gasteiger charge is -2.29. The van der Waals surface area contributed by atoms with Crippen molar-refractivity contribution in [1.82, 2.24) is 0 Å². The second-order valence-corrected chi connectivity index (χ2v) is 4.63. The molecule has 19 heavy (non-hydrogen) atoms. The maximum absolute atomic E-state index is 11.8. The quantitative estimate of drug-likeness (QED) is 0.668. The Kier molecular flexibility index (Phi) is 4.00. The lowest BCUT2D eigenvalue weighted by molar-refractivity contribution is -0.146. The third kappa shape index (κ3) is 2.84. The first kappa shape index (κ1) is 13.3. The van der Waals surface area contributed by atoms with Crippen molar-refractivity contribution >= 4 is 11.9 Å². The van der Waals surface area contributed by atoms with E-state index in [1.54, 1.807) is 12.2 Å². The molecule has 0 bridgehead atoms. The highest BCUT2D eigenvalue weighted by molar-refractivity contribution is 5.78. The fraction of sp³-hybridized carbons (Fsp3) is 0.333. The Morgan fingerprint density at radius 1 is 1.21 bits per heavy atom. The number of hydrogen-bond acceptors (Lipinski definition) is 3. The van der Waals surface area contributed by atoms with Gasteiger partial charge in [-0.15, -0.1) is 0 Å². The van der Waals surface area contributed by atoms with Crippen LogP contribution < -0.4 is 0 Å². The Hall–Kier alpha value is -2.10. The third-order valence-electron chi connectivity index (χ3n) is 3.51. The molecule has 2 rings (SSSR count). The smallest absolute Gasteiger partial charge is 0.313 e. The van der Waals surface area contributed by atoms with Crippen molar-refractivity contribution in [3.63, 3.8) is 0 Å². The van der Waals surface area contributed by atoms with Gasteiger partial charge in [0.05, 0.1) is 18.9 Å². The molecule has 1 N–H and O–H groups in total. The molecule has 0 aromatic heterocycles. The van der Waals surface area contributed by atoms with Gasteiger partial charge in [-0.05, 0) is 12.0 Å². The first-order chi connectivity index (χ1) is 9.13. The summed E-state index contributed by atoms with van der Waals surface area (Å²) in [5.74, 6) is -2.30. The first-order valence-corrected chi connectivity index (χ1v) is 6.17. The largest absolute Gasteiger partial charge is 0.481 e. The highest BCUT2D eigenvalue weighted by Crippen LogP contribution is 2.37. The van der Waals surface area contributed by atoms with Gasteiger partial charge in [0.15, 0.2) is 0 Å². The van der Waals surface area contributed by atoms with Crippen LogP contribution in [0.1, 0.15) is 17.9 Å². The number of carboxylic acid groups (broad SMARTS) is 1. The minimum Gasteiger partial charge on any atom is -0.481 e. The van der Waals surface area contributed by atoms with E-state index >= 15 is 0 Å². The Labute approximate surface area is 111 Å². The van der Waals surface area contributed by atoms with Gasteiger partial charge in [0.2, 0.25) is 0 Å². The molecule has 0 saturated heterocycles. The van der Waals surface area contributed by atoms with Crippen molar-refractivity contribution < 1.29 is 19.4 Å². The van der Waals surface area contributed by atoms with Crippen LogP contribution in [0.15, 0.2) is 42.5 Å². The molecule has 0 heterocycles. The molecule has 3 unspecified atom stereocenters. The van der Waals surface area contributed by atoms with Crippen LogP contribution in [0.25, 0.3) is 0 Å². The van der Waals surface area contributed by atoms with E-state index in [1.807, 2.05) is 30.3 Å². The predicted octanol–water partition coefficient (Wildman–Crippen LogP) is 2.22. The van der Waals surface area contributed by atoms with Gasteiger partial charge in [-0.1, -0.05) is 42.5 Å². The third-order valence-corrected chi connectivity index (χ3v) is 3.51. The molecule has 4 heteroatoms. The highest BCUT2D eigenvalue weighted by atomic mass is 16.5. The summed E-state index contributed by atoms with van der Waals surface area (Å²) in [6.07, 6.45) is 3.66. The summed E-state index contributed by atoms with van der Waals surface area (Å²) in [4.78, 5) is 22.9. The first-order valence-electron chi connectivity index (χ1n) is 6.17. The van der Waals surface area contributed by atoms with Gasteiger partial charge in [-0.2, -0.15) is 0 Å². The Morgan fingerprint density at radius 2 is 1.89 bits per heavy atom. The SMILES string of the molecule is COC(=O)C1C=CC(C(=O)O)CC1c1ccccc1. The number of methoxy groups -OCH3 is 1. The monoisotopic (exact) mass is 260 g/mol. The van der Waals surface area contributed by atoms with E-state index in [2.05, 4.69) is 0 Å². The Morgan fingerprint density at radius 3 is 2.47 bits per heavy atom. The van der Waals surface area contributed by atoms with Crippen LogP contribution in [0.5, 0.6) is 0 Å². The van der Waals surface area contributed by atoms with Crippen LogP contribution >= 0.6 is 0 Å². The summed E-state index contributed by atoms with van der Waals surface area (Å²) in [5, 5.41) is 9.12. The molecule has 0 aliphatic heterocycles. The average Bonchev–Trinajstić information content (AvgIpc) is 2.46. The summed E-state index contributed by atoms with van der Waals surface area (Å²) in [6.45, 7) is 0. The zero-order chi connectivity index (χ0) is 13.8. The zero-order valence-electron chi connectivity index (χ0n) is 10.7. The van der Waals surface area contributed by atoms with Crippen molar-refractivity contribution in [1.29, 1.82) is 0 Å².